The normalized spacial score (nSPS) is 21.5. The Morgan fingerprint density at radius 3 is 2.74 bits per heavy atom. The first kappa shape index (κ1) is 16.0. The van der Waals surface area contributed by atoms with Crippen LogP contribution in [0.4, 0.5) is 4.39 Å². The second-order valence-electron chi connectivity index (χ2n) is 6.36. The smallest absolute Gasteiger partial charge is 0.129 e. The standard InChI is InChI=1S/C19H23FN2O/c1-14-10-22(12-19(14)21)11-15-5-4-7-17(9-15)23-13-16-6-2-3-8-18(16)20/h2-9,14,19H,10-13,21H2,1H3. The maximum absolute atomic E-state index is 13.6. The van der Waals surface area contributed by atoms with Gasteiger partial charge in [-0.1, -0.05) is 37.3 Å². The third-order valence-electron chi connectivity index (χ3n) is 4.40. The van der Waals surface area contributed by atoms with Crippen LogP contribution in [0.1, 0.15) is 18.1 Å². The van der Waals surface area contributed by atoms with Crippen LogP contribution in [0.2, 0.25) is 0 Å². The topological polar surface area (TPSA) is 38.5 Å². The molecule has 0 aliphatic carbocycles. The molecule has 23 heavy (non-hydrogen) atoms. The Balaban J connectivity index is 1.60. The van der Waals surface area contributed by atoms with Gasteiger partial charge in [-0.25, -0.2) is 4.39 Å². The first-order valence-corrected chi connectivity index (χ1v) is 8.05. The van der Waals surface area contributed by atoms with Gasteiger partial charge in [-0.3, -0.25) is 4.90 Å². The van der Waals surface area contributed by atoms with Crippen LogP contribution < -0.4 is 10.5 Å². The summed E-state index contributed by atoms with van der Waals surface area (Å²) in [6, 6.07) is 14.9. The molecule has 3 rings (SSSR count). The SMILES string of the molecule is CC1CN(Cc2cccc(OCc3ccccc3F)c2)CC1N. The maximum Gasteiger partial charge on any atom is 0.129 e. The summed E-state index contributed by atoms with van der Waals surface area (Å²) in [6.45, 7) is 5.26. The van der Waals surface area contributed by atoms with Gasteiger partial charge in [0, 0.05) is 31.2 Å². The molecule has 122 valence electrons. The van der Waals surface area contributed by atoms with Crippen molar-refractivity contribution in [3.63, 3.8) is 0 Å². The van der Waals surface area contributed by atoms with Crippen molar-refractivity contribution in [1.29, 1.82) is 0 Å². The fourth-order valence-corrected chi connectivity index (χ4v) is 2.99. The van der Waals surface area contributed by atoms with Crippen LogP contribution in [-0.2, 0) is 13.2 Å². The molecule has 0 spiro atoms. The average Bonchev–Trinajstić information content (AvgIpc) is 2.85. The molecule has 2 aromatic rings. The summed E-state index contributed by atoms with van der Waals surface area (Å²) in [5.41, 5.74) is 7.84. The number of halogens is 1. The first-order chi connectivity index (χ1) is 11.1. The summed E-state index contributed by atoms with van der Waals surface area (Å²) in [5.74, 6) is 1.07. The van der Waals surface area contributed by atoms with E-state index < -0.39 is 0 Å². The van der Waals surface area contributed by atoms with E-state index in [2.05, 4.69) is 17.9 Å². The van der Waals surface area contributed by atoms with E-state index in [4.69, 9.17) is 10.5 Å². The predicted molar refractivity (Wildman–Crippen MR) is 89.6 cm³/mol. The van der Waals surface area contributed by atoms with Gasteiger partial charge in [0.1, 0.15) is 18.2 Å². The summed E-state index contributed by atoms with van der Waals surface area (Å²) < 4.78 is 19.4. The molecule has 1 saturated heterocycles. The molecule has 0 bridgehead atoms. The molecule has 0 radical (unpaired) electrons. The Hall–Kier alpha value is -1.91. The molecule has 1 aliphatic rings. The number of benzene rings is 2. The monoisotopic (exact) mass is 314 g/mol. The zero-order chi connectivity index (χ0) is 16.2. The number of rotatable bonds is 5. The fourth-order valence-electron chi connectivity index (χ4n) is 2.99. The Kier molecular flexibility index (Phi) is 4.94. The van der Waals surface area contributed by atoms with E-state index in [1.54, 1.807) is 12.1 Å². The lowest BCUT2D eigenvalue weighted by molar-refractivity contribution is 0.296. The lowest BCUT2D eigenvalue weighted by Gasteiger charge is -2.16. The number of ether oxygens (including phenoxy) is 1. The van der Waals surface area contributed by atoms with E-state index in [0.717, 1.165) is 25.4 Å². The second-order valence-corrected chi connectivity index (χ2v) is 6.36. The van der Waals surface area contributed by atoms with Crippen molar-refractivity contribution >= 4 is 0 Å². The molecule has 2 atom stereocenters. The Morgan fingerprint density at radius 1 is 1.17 bits per heavy atom. The molecule has 0 saturated carbocycles. The highest BCUT2D eigenvalue weighted by atomic mass is 19.1. The molecule has 4 heteroatoms. The van der Waals surface area contributed by atoms with Crippen LogP contribution in [0.25, 0.3) is 0 Å². The lowest BCUT2D eigenvalue weighted by atomic mass is 10.1. The molecule has 1 heterocycles. The summed E-state index contributed by atoms with van der Waals surface area (Å²) in [5, 5.41) is 0. The number of hydrogen-bond donors (Lipinski definition) is 1. The van der Waals surface area contributed by atoms with Crippen LogP contribution in [0.15, 0.2) is 48.5 Å². The molecule has 1 fully saturated rings. The highest BCUT2D eigenvalue weighted by Gasteiger charge is 2.26. The number of hydrogen-bond acceptors (Lipinski definition) is 3. The summed E-state index contributed by atoms with van der Waals surface area (Å²) in [7, 11) is 0. The molecule has 2 aromatic carbocycles. The van der Waals surface area contributed by atoms with Crippen LogP contribution in [0.3, 0.4) is 0 Å². The lowest BCUT2D eigenvalue weighted by Crippen LogP contribution is -2.28. The molecule has 0 aromatic heterocycles. The highest BCUT2D eigenvalue weighted by molar-refractivity contribution is 5.29. The third-order valence-corrected chi connectivity index (χ3v) is 4.40. The average molecular weight is 314 g/mol. The van der Waals surface area contributed by atoms with E-state index in [1.807, 2.05) is 24.3 Å². The number of likely N-dealkylation sites (tertiary alicyclic amines) is 1. The predicted octanol–water partition coefficient (Wildman–Crippen LogP) is 3.18. The van der Waals surface area contributed by atoms with Crippen LogP contribution in [0, 0.1) is 11.7 Å². The second kappa shape index (κ2) is 7.11. The summed E-state index contributed by atoms with van der Waals surface area (Å²) >= 11 is 0. The van der Waals surface area contributed by atoms with Gasteiger partial charge in [0.05, 0.1) is 0 Å². The van der Waals surface area contributed by atoms with Crippen LogP contribution in [0.5, 0.6) is 5.75 Å². The van der Waals surface area contributed by atoms with E-state index >= 15 is 0 Å². The summed E-state index contributed by atoms with van der Waals surface area (Å²) in [4.78, 5) is 2.37. The van der Waals surface area contributed by atoms with Gasteiger partial charge in [0.15, 0.2) is 0 Å². The Labute approximate surface area is 136 Å². The van der Waals surface area contributed by atoms with Gasteiger partial charge in [-0.2, -0.15) is 0 Å². The molecule has 2 unspecified atom stereocenters. The maximum atomic E-state index is 13.6. The van der Waals surface area contributed by atoms with Crippen molar-refractivity contribution in [2.24, 2.45) is 11.7 Å². The van der Waals surface area contributed by atoms with Crippen molar-refractivity contribution in [2.45, 2.75) is 26.1 Å². The fraction of sp³-hybridized carbons (Fsp3) is 0.368. The minimum atomic E-state index is -0.233. The van der Waals surface area contributed by atoms with Gasteiger partial charge < -0.3 is 10.5 Å². The van der Waals surface area contributed by atoms with E-state index in [0.29, 0.717) is 11.5 Å². The molecule has 0 amide bonds. The summed E-state index contributed by atoms with van der Waals surface area (Å²) in [6.07, 6.45) is 0. The van der Waals surface area contributed by atoms with Crippen molar-refractivity contribution < 1.29 is 9.13 Å². The third kappa shape index (κ3) is 4.09. The molecular weight excluding hydrogens is 291 g/mol. The van der Waals surface area contributed by atoms with E-state index in [9.17, 15) is 4.39 Å². The van der Waals surface area contributed by atoms with Gasteiger partial charge in [-0.15, -0.1) is 0 Å². The quantitative estimate of drug-likeness (QED) is 0.921. The van der Waals surface area contributed by atoms with Crippen molar-refractivity contribution in [3.05, 3.63) is 65.5 Å². The molecular formula is C19H23FN2O. The zero-order valence-corrected chi connectivity index (χ0v) is 13.4. The van der Waals surface area contributed by atoms with Crippen molar-refractivity contribution in [3.8, 4) is 5.75 Å². The molecule has 3 nitrogen and oxygen atoms in total. The number of nitrogens with two attached hydrogens (primary N) is 1. The Morgan fingerprint density at radius 2 is 2.00 bits per heavy atom. The minimum absolute atomic E-state index is 0.233. The van der Waals surface area contributed by atoms with Gasteiger partial charge in [-0.05, 0) is 29.7 Å². The van der Waals surface area contributed by atoms with Gasteiger partial charge in [0.2, 0.25) is 0 Å². The largest absolute Gasteiger partial charge is 0.489 e. The molecule has 2 N–H and O–H groups in total. The van der Waals surface area contributed by atoms with E-state index in [1.165, 1.54) is 11.6 Å². The van der Waals surface area contributed by atoms with Crippen LogP contribution >= 0.6 is 0 Å². The zero-order valence-electron chi connectivity index (χ0n) is 13.4. The van der Waals surface area contributed by atoms with Crippen molar-refractivity contribution in [1.82, 2.24) is 4.90 Å². The minimum Gasteiger partial charge on any atom is -0.489 e. The number of nitrogens with zero attached hydrogens (tertiary/aromatic N) is 1. The highest BCUT2D eigenvalue weighted by Crippen LogP contribution is 2.21. The molecule has 1 aliphatic heterocycles. The van der Waals surface area contributed by atoms with E-state index in [-0.39, 0.29) is 18.5 Å². The Bertz CT molecular complexity index is 651. The first-order valence-electron chi connectivity index (χ1n) is 8.05. The van der Waals surface area contributed by atoms with Gasteiger partial charge >= 0.3 is 0 Å². The van der Waals surface area contributed by atoms with Gasteiger partial charge in [0.25, 0.3) is 0 Å². The van der Waals surface area contributed by atoms with Crippen molar-refractivity contribution in [2.75, 3.05) is 13.1 Å². The van der Waals surface area contributed by atoms with Crippen LogP contribution in [-0.4, -0.2) is 24.0 Å².